The van der Waals surface area contributed by atoms with Crippen LogP contribution in [-0.4, -0.2) is 27.7 Å². The monoisotopic (exact) mass is 523 g/mol. The first-order chi connectivity index (χ1) is 18.6. The van der Waals surface area contributed by atoms with Crippen molar-refractivity contribution in [3.05, 3.63) is 143 Å². The van der Waals surface area contributed by atoms with E-state index in [0.717, 1.165) is 16.7 Å². The lowest BCUT2D eigenvalue weighted by atomic mass is 9.77. The predicted octanol–water partition coefficient (Wildman–Crippen LogP) is 5.79. The number of oxime groups is 1. The predicted molar refractivity (Wildman–Crippen MR) is 143 cm³/mol. The number of carbonyl (C=O) groups excluding carboxylic acids is 1. The van der Waals surface area contributed by atoms with Gasteiger partial charge in [-0.05, 0) is 28.8 Å². The van der Waals surface area contributed by atoms with Crippen LogP contribution in [-0.2, 0) is 15.2 Å². The van der Waals surface area contributed by atoms with Crippen LogP contribution in [0.15, 0.2) is 124 Å². The van der Waals surface area contributed by atoms with Crippen LogP contribution in [0, 0.1) is 0 Å². The second-order valence-corrected chi connectivity index (χ2v) is 8.97. The molecule has 0 fully saturated rings. The molecule has 5 rings (SSSR count). The van der Waals surface area contributed by atoms with Gasteiger partial charge in [0.1, 0.15) is 11.2 Å². The van der Waals surface area contributed by atoms with Crippen LogP contribution in [0.3, 0.4) is 0 Å². The van der Waals surface area contributed by atoms with Crippen molar-refractivity contribution in [2.75, 3.05) is 5.32 Å². The van der Waals surface area contributed by atoms with E-state index in [1.165, 1.54) is 29.7 Å². The third-order valence-electron chi connectivity index (χ3n) is 5.81. The van der Waals surface area contributed by atoms with Crippen molar-refractivity contribution in [2.45, 2.75) is 5.54 Å². The number of aliphatic carboxylic acids is 1. The van der Waals surface area contributed by atoms with E-state index in [0.29, 0.717) is 5.13 Å². The Morgan fingerprint density at radius 1 is 0.842 bits per heavy atom. The summed E-state index contributed by atoms with van der Waals surface area (Å²) in [7, 11) is 0. The normalized spacial score (nSPS) is 11.6. The number of rotatable bonds is 9. The number of aromatic nitrogens is 1. The zero-order valence-electron chi connectivity index (χ0n) is 19.9. The molecule has 0 amide bonds. The zero-order chi connectivity index (χ0) is 26.4. The molecule has 0 aliphatic rings. The highest BCUT2D eigenvalue weighted by molar-refractivity contribution is 7.14. The SMILES string of the molecule is O=C(O)C(=NOC(=O)c1ccco1)c1csc(NC(c2ccccc2)(c2ccccc2)c2ccccc2)n1. The number of hydrogen-bond donors (Lipinski definition) is 2. The molecule has 2 heterocycles. The van der Waals surface area contributed by atoms with E-state index < -0.39 is 23.2 Å². The van der Waals surface area contributed by atoms with Gasteiger partial charge in [0.05, 0.1) is 6.26 Å². The minimum absolute atomic E-state index is 0.0420. The Balaban J connectivity index is 1.56. The lowest BCUT2D eigenvalue weighted by Gasteiger charge is -2.36. The Hall–Kier alpha value is -5.02. The van der Waals surface area contributed by atoms with Crippen molar-refractivity contribution < 1.29 is 24.0 Å². The maximum absolute atomic E-state index is 12.1. The zero-order valence-corrected chi connectivity index (χ0v) is 20.7. The largest absolute Gasteiger partial charge is 0.476 e. The van der Waals surface area contributed by atoms with Crippen LogP contribution in [0.1, 0.15) is 32.9 Å². The summed E-state index contributed by atoms with van der Waals surface area (Å²) in [6.07, 6.45) is 1.30. The van der Waals surface area contributed by atoms with Crippen LogP contribution in [0.4, 0.5) is 5.13 Å². The number of carboxylic acids is 1. The summed E-state index contributed by atoms with van der Waals surface area (Å²) >= 11 is 1.21. The van der Waals surface area contributed by atoms with Gasteiger partial charge < -0.3 is 19.7 Å². The van der Waals surface area contributed by atoms with Crippen molar-refractivity contribution in [3.8, 4) is 0 Å². The van der Waals surface area contributed by atoms with Gasteiger partial charge in [-0.2, -0.15) is 0 Å². The molecule has 8 nitrogen and oxygen atoms in total. The number of hydrogen-bond acceptors (Lipinski definition) is 8. The minimum atomic E-state index is -1.39. The molecule has 2 N–H and O–H groups in total. The molecule has 0 atom stereocenters. The summed E-state index contributed by atoms with van der Waals surface area (Å²) in [6, 6.07) is 32.7. The van der Waals surface area contributed by atoms with Gasteiger partial charge in [-0.3, -0.25) is 0 Å². The summed E-state index contributed by atoms with van der Waals surface area (Å²) < 4.78 is 4.96. The van der Waals surface area contributed by atoms with Crippen LogP contribution < -0.4 is 5.32 Å². The van der Waals surface area contributed by atoms with Gasteiger partial charge >= 0.3 is 11.9 Å². The first kappa shape index (κ1) is 24.7. The Labute approximate surface area is 221 Å². The molecule has 3 aromatic carbocycles. The minimum Gasteiger partial charge on any atom is -0.476 e. The molecule has 0 bridgehead atoms. The van der Waals surface area contributed by atoms with E-state index in [-0.39, 0.29) is 11.5 Å². The molecule has 0 unspecified atom stereocenters. The molecule has 0 saturated heterocycles. The molecule has 0 spiro atoms. The molecule has 0 saturated carbocycles. The summed E-state index contributed by atoms with van der Waals surface area (Å²) in [4.78, 5) is 33.4. The maximum atomic E-state index is 12.1. The second kappa shape index (κ2) is 10.9. The fourth-order valence-electron chi connectivity index (χ4n) is 4.10. The lowest BCUT2D eigenvalue weighted by molar-refractivity contribution is -0.129. The van der Waals surface area contributed by atoms with E-state index in [2.05, 4.69) is 15.5 Å². The lowest BCUT2D eigenvalue weighted by Crippen LogP contribution is -2.38. The molecular formula is C29H21N3O5S. The summed E-state index contributed by atoms with van der Waals surface area (Å²) in [6.45, 7) is 0. The fourth-order valence-corrected chi connectivity index (χ4v) is 4.85. The Bertz CT molecular complexity index is 1450. The molecule has 0 aliphatic carbocycles. The van der Waals surface area contributed by atoms with Gasteiger partial charge in [0, 0.05) is 5.38 Å². The van der Waals surface area contributed by atoms with Gasteiger partial charge in [0.15, 0.2) is 5.13 Å². The number of anilines is 1. The van der Waals surface area contributed by atoms with Crippen LogP contribution in [0.2, 0.25) is 0 Å². The van der Waals surface area contributed by atoms with Crippen molar-refractivity contribution in [1.29, 1.82) is 0 Å². The molecular weight excluding hydrogens is 502 g/mol. The van der Waals surface area contributed by atoms with Gasteiger partial charge in [-0.1, -0.05) is 96.2 Å². The van der Waals surface area contributed by atoms with Crippen molar-refractivity contribution in [3.63, 3.8) is 0 Å². The Morgan fingerprint density at radius 3 is 1.87 bits per heavy atom. The van der Waals surface area contributed by atoms with Crippen LogP contribution >= 0.6 is 11.3 Å². The van der Waals surface area contributed by atoms with Gasteiger partial charge in [-0.15, -0.1) is 11.3 Å². The highest BCUT2D eigenvalue weighted by Gasteiger charge is 2.37. The van der Waals surface area contributed by atoms with Crippen LogP contribution in [0.5, 0.6) is 0 Å². The number of furan rings is 1. The first-order valence-electron chi connectivity index (χ1n) is 11.5. The van der Waals surface area contributed by atoms with E-state index in [1.54, 1.807) is 5.38 Å². The molecule has 5 aromatic rings. The van der Waals surface area contributed by atoms with Gasteiger partial charge in [0.25, 0.3) is 0 Å². The quantitative estimate of drug-likeness (QED) is 0.109. The molecule has 188 valence electrons. The average molecular weight is 524 g/mol. The number of carboxylic acid groups (broad SMARTS) is 1. The summed E-state index contributed by atoms with van der Waals surface area (Å²) in [5.41, 5.74) is 1.58. The third kappa shape index (κ3) is 4.95. The van der Waals surface area contributed by atoms with Gasteiger partial charge in [0.2, 0.25) is 11.5 Å². The molecule has 9 heteroatoms. The number of nitrogens with one attached hydrogen (secondary N) is 1. The number of benzene rings is 3. The topological polar surface area (TPSA) is 114 Å². The van der Waals surface area contributed by atoms with E-state index in [9.17, 15) is 14.7 Å². The third-order valence-corrected chi connectivity index (χ3v) is 6.56. The van der Waals surface area contributed by atoms with E-state index in [1.807, 2.05) is 91.0 Å². The highest BCUT2D eigenvalue weighted by Crippen LogP contribution is 2.40. The van der Waals surface area contributed by atoms with Crippen LogP contribution in [0.25, 0.3) is 0 Å². The fraction of sp³-hybridized carbons (Fsp3) is 0.0345. The van der Waals surface area contributed by atoms with Gasteiger partial charge in [-0.25, -0.2) is 14.6 Å². The van der Waals surface area contributed by atoms with Crippen molar-refractivity contribution in [1.82, 2.24) is 4.98 Å². The number of thiazole rings is 1. The summed E-state index contributed by atoms with van der Waals surface area (Å²) in [5, 5.41) is 18.9. The summed E-state index contributed by atoms with van der Waals surface area (Å²) in [5.74, 6) is -2.41. The van der Waals surface area contributed by atoms with Crippen molar-refractivity contribution >= 4 is 34.1 Å². The number of carbonyl (C=O) groups is 2. The molecule has 2 aromatic heterocycles. The second-order valence-electron chi connectivity index (χ2n) is 8.11. The first-order valence-corrected chi connectivity index (χ1v) is 12.4. The highest BCUT2D eigenvalue weighted by atomic mass is 32.1. The van der Waals surface area contributed by atoms with E-state index in [4.69, 9.17) is 9.25 Å². The number of nitrogens with zero attached hydrogens (tertiary/aromatic N) is 2. The standard InChI is InChI=1S/C29H21N3O5S/c33-26(34)25(32-37-27(35)24-17-10-18-36-24)23-19-38-28(30-23)31-29(20-11-4-1-5-12-20,21-13-6-2-7-14-21)22-15-8-3-9-16-22/h1-19H,(H,30,31)(H,33,34). The molecule has 0 aliphatic heterocycles. The smallest absolute Gasteiger partial charge is 0.400 e. The Morgan fingerprint density at radius 2 is 1.39 bits per heavy atom. The molecule has 38 heavy (non-hydrogen) atoms. The molecule has 0 radical (unpaired) electrons. The van der Waals surface area contributed by atoms with Crippen molar-refractivity contribution in [2.24, 2.45) is 5.16 Å². The Kier molecular flexibility index (Phi) is 7.10. The maximum Gasteiger partial charge on any atom is 0.400 e. The average Bonchev–Trinajstić information content (AvgIpc) is 3.66. The van der Waals surface area contributed by atoms with E-state index >= 15 is 0 Å².